The fourth-order valence-corrected chi connectivity index (χ4v) is 2.45. The van der Waals surface area contributed by atoms with Crippen molar-refractivity contribution in [2.24, 2.45) is 5.90 Å². The number of esters is 1. The Bertz CT molecular complexity index is 852. The zero-order valence-electron chi connectivity index (χ0n) is 18.1. The van der Waals surface area contributed by atoms with E-state index in [0.717, 1.165) is 0 Å². The molecule has 1 aromatic carbocycles. The van der Waals surface area contributed by atoms with Crippen LogP contribution in [0.2, 0.25) is 0 Å². The van der Waals surface area contributed by atoms with Gasteiger partial charge in [0.2, 0.25) is 12.9 Å². The number of hydrogen-bond acceptors (Lipinski definition) is 14. The number of likely N-dealkylation sites (N-methyl/N-ethyl adjacent to an activating group) is 1. The Balaban J connectivity index is 0.00000146. The number of carbonyl (C=O) groups is 1. The van der Waals surface area contributed by atoms with E-state index >= 15 is 0 Å². The van der Waals surface area contributed by atoms with Crippen LogP contribution in [-0.2, 0) is 26.3 Å². The minimum Gasteiger partial charge on any atom is -0.475 e. The number of aliphatic hydroxyl groups is 7. The Morgan fingerprint density at radius 3 is 2.09 bits per heavy atom. The summed E-state index contributed by atoms with van der Waals surface area (Å²) in [5.41, 5.74) is -3.77. The molecule has 18 heteroatoms. The zero-order valence-corrected chi connectivity index (χ0v) is 18.1. The molecule has 1 aliphatic heterocycles. The zero-order chi connectivity index (χ0) is 27.6. The Labute approximate surface area is 194 Å². The Morgan fingerprint density at radius 2 is 1.71 bits per heavy atom. The van der Waals surface area contributed by atoms with Gasteiger partial charge in [-0.25, -0.2) is 21.8 Å². The third kappa shape index (κ3) is 9.60. The average molecular weight is 522 g/mol. The van der Waals surface area contributed by atoms with Crippen molar-refractivity contribution >= 4 is 12.0 Å². The standard InChI is InChI=1S/C14H14F3NO10.C3H9NO.H4NO/c15-12(16,17)10-7(11(19)26-4-27-18)2-5-1-6(13(20,21)22)3-8(9(5)28-10)14(23,24)25;1-4-2-3-5;1-2/h1-3,10,20-25H,4,18H2;4-5H,2-3H2,1H3;2H,1H3/q;;+1. The molecule has 0 amide bonds. The molecule has 0 fully saturated rings. The molecule has 0 saturated carbocycles. The normalized spacial score (nSPS) is 15.4. The van der Waals surface area contributed by atoms with E-state index in [0.29, 0.717) is 24.8 Å². The largest absolute Gasteiger partial charge is 0.475 e. The molecule has 0 aliphatic carbocycles. The number of nitrogens with two attached hydrogens (primary N) is 1. The molecule has 2 rings (SSSR count). The molecule has 35 heavy (non-hydrogen) atoms. The number of carbonyl (C=O) groups excluding carboxylic acids is 1. The SMILES string of the molecule is CNCCO.NOCOC(=O)C1=Cc2cc(C(O)(O)O)cc(C(O)(O)O)c2OC1C(F)(F)F.[NH3+]O. The molecule has 0 radical (unpaired) electrons. The lowest BCUT2D eigenvalue weighted by atomic mass is 9.95. The summed E-state index contributed by atoms with van der Waals surface area (Å²) in [5, 5.41) is 73.4. The van der Waals surface area contributed by atoms with Gasteiger partial charge in [-0.2, -0.15) is 13.2 Å². The van der Waals surface area contributed by atoms with Crippen LogP contribution in [-0.4, -0.2) is 86.2 Å². The van der Waals surface area contributed by atoms with Gasteiger partial charge in [-0.1, -0.05) is 0 Å². The van der Waals surface area contributed by atoms with Gasteiger partial charge in [-0.3, -0.25) is 4.84 Å². The molecule has 14 N–H and O–H groups in total. The number of halogens is 3. The molecule has 0 spiro atoms. The van der Waals surface area contributed by atoms with Crippen molar-refractivity contribution in [2.45, 2.75) is 24.2 Å². The van der Waals surface area contributed by atoms with E-state index in [2.05, 4.69) is 31.4 Å². The molecule has 0 aromatic heterocycles. The molecule has 202 valence electrons. The van der Waals surface area contributed by atoms with Crippen LogP contribution in [0.5, 0.6) is 5.75 Å². The van der Waals surface area contributed by atoms with Crippen molar-refractivity contribution in [3.63, 3.8) is 0 Å². The van der Waals surface area contributed by atoms with Crippen LogP contribution >= 0.6 is 0 Å². The lowest BCUT2D eigenvalue weighted by Crippen LogP contribution is -2.42. The van der Waals surface area contributed by atoms with Crippen molar-refractivity contribution in [1.82, 2.24) is 5.32 Å². The summed E-state index contributed by atoms with van der Waals surface area (Å²) in [6, 6.07) is 1.02. The van der Waals surface area contributed by atoms with E-state index < -0.39 is 65.0 Å². The summed E-state index contributed by atoms with van der Waals surface area (Å²) in [5.74, 6) is -3.05. The Kier molecular flexibility index (Phi) is 12.6. The molecule has 1 unspecified atom stereocenters. The smallest absolute Gasteiger partial charge is 0.430 e. The van der Waals surface area contributed by atoms with E-state index in [-0.39, 0.29) is 6.61 Å². The van der Waals surface area contributed by atoms with Gasteiger partial charge in [0.25, 0.3) is 0 Å². The fraction of sp³-hybridized carbons (Fsp3) is 0.471. The molecule has 0 saturated heterocycles. The van der Waals surface area contributed by atoms with Crippen molar-refractivity contribution in [3.05, 3.63) is 34.4 Å². The lowest BCUT2D eigenvalue weighted by molar-refractivity contribution is -0.670. The van der Waals surface area contributed by atoms with E-state index in [4.69, 9.17) is 10.3 Å². The van der Waals surface area contributed by atoms with Gasteiger partial charge in [0, 0.05) is 17.7 Å². The molecule has 1 atom stereocenters. The van der Waals surface area contributed by atoms with Crippen molar-refractivity contribution in [2.75, 3.05) is 27.0 Å². The molecular weight excluding hydrogens is 495 g/mol. The van der Waals surface area contributed by atoms with E-state index in [9.17, 15) is 48.6 Å². The van der Waals surface area contributed by atoms with Gasteiger partial charge >= 0.3 is 24.1 Å². The van der Waals surface area contributed by atoms with Crippen LogP contribution in [0.15, 0.2) is 17.7 Å². The number of alkyl halides is 3. The molecule has 1 heterocycles. The van der Waals surface area contributed by atoms with Gasteiger partial charge in [0.1, 0.15) is 5.75 Å². The van der Waals surface area contributed by atoms with Crippen molar-refractivity contribution in [3.8, 4) is 5.75 Å². The van der Waals surface area contributed by atoms with Crippen LogP contribution in [0.3, 0.4) is 0 Å². The van der Waals surface area contributed by atoms with Crippen LogP contribution < -0.4 is 21.8 Å². The van der Waals surface area contributed by atoms with Crippen LogP contribution in [0.1, 0.15) is 16.7 Å². The highest BCUT2D eigenvalue weighted by molar-refractivity contribution is 5.96. The van der Waals surface area contributed by atoms with Gasteiger partial charge < -0.3 is 50.5 Å². The summed E-state index contributed by atoms with van der Waals surface area (Å²) < 4.78 is 49.0. The number of rotatable bonds is 7. The molecule has 0 bridgehead atoms. The second-order valence-corrected chi connectivity index (χ2v) is 6.40. The summed E-state index contributed by atoms with van der Waals surface area (Å²) in [7, 11) is 1.80. The van der Waals surface area contributed by atoms with E-state index in [1.165, 1.54) is 0 Å². The Morgan fingerprint density at radius 1 is 1.14 bits per heavy atom. The molecule has 1 aliphatic rings. The van der Waals surface area contributed by atoms with Crippen LogP contribution in [0.4, 0.5) is 13.2 Å². The number of benzene rings is 1. The maximum Gasteiger partial charge on any atom is 0.430 e. The van der Waals surface area contributed by atoms with Gasteiger partial charge in [-0.05, 0) is 25.3 Å². The lowest BCUT2D eigenvalue weighted by Gasteiger charge is -2.31. The summed E-state index contributed by atoms with van der Waals surface area (Å²) in [4.78, 5) is 15.8. The van der Waals surface area contributed by atoms with Gasteiger partial charge in [0.15, 0.2) is 0 Å². The van der Waals surface area contributed by atoms with Gasteiger partial charge in [-0.15, -0.1) is 0 Å². The molecule has 15 nitrogen and oxygen atoms in total. The average Bonchev–Trinajstić information content (AvgIpc) is 2.76. The summed E-state index contributed by atoms with van der Waals surface area (Å²) in [6.07, 6.45) is -7.64. The van der Waals surface area contributed by atoms with Crippen molar-refractivity contribution < 1.29 is 79.1 Å². The maximum absolute atomic E-state index is 13.3. The Hall–Kier alpha value is -2.46. The molecular formula is C17H27F3N3O12+. The third-order valence-electron chi connectivity index (χ3n) is 3.85. The third-order valence-corrected chi connectivity index (χ3v) is 3.85. The predicted octanol–water partition coefficient (Wildman–Crippen LogP) is -4.23. The summed E-state index contributed by atoms with van der Waals surface area (Å²) in [6.45, 7) is 0.0233. The number of fused-ring (bicyclic) bond motifs is 1. The quantitative estimate of drug-likeness (QED) is 0.0920. The first kappa shape index (κ1) is 32.5. The van der Waals surface area contributed by atoms with Gasteiger partial charge in [0.05, 0.1) is 17.7 Å². The first-order valence-corrected chi connectivity index (χ1v) is 9.12. The highest BCUT2D eigenvalue weighted by atomic mass is 19.4. The minimum absolute atomic E-state index is 0.233. The predicted molar refractivity (Wildman–Crippen MR) is 103 cm³/mol. The number of quaternary nitrogens is 1. The highest BCUT2D eigenvalue weighted by Crippen LogP contribution is 2.43. The summed E-state index contributed by atoms with van der Waals surface area (Å²) >= 11 is 0. The first-order chi connectivity index (χ1) is 16.1. The van der Waals surface area contributed by atoms with E-state index in [1.807, 2.05) is 0 Å². The number of aliphatic hydroxyl groups excluding tert-OH is 1. The van der Waals surface area contributed by atoms with Crippen LogP contribution in [0.25, 0.3) is 6.08 Å². The first-order valence-electron chi connectivity index (χ1n) is 9.12. The number of ether oxygens (including phenoxy) is 2. The number of hydrogen-bond donors (Lipinski definition) is 11. The topological polar surface area (TPSA) is 272 Å². The number of nitrogens with one attached hydrogen (secondary N) is 1. The monoisotopic (exact) mass is 522 g/mol. The second kappa shape index (κ2) is 13.6. The molecule has 1 aromatic rings. The van der Waals surface area contributed by atoms with Crippen LogP contribution in [0, 0.1) is 0 Å². The van der Waals surface area contributed by atoms with Crippen molar-refractivity contribution in [1.29, 1.82) is 0 Å². The minimum atomic E-state index is -5.19. The fourth-order valence-electron chi connectivity index (χ4n) is 2.45. The highest BCUT2D eigenvalue weighted by Gasteiger charge is 2.50. The maximum atomic E-state index is 13.3. The van der Waals surface area contributed by atoms with E-state index in [1.54, 1.807) is 7.05 Å². The second-order valence-electron chi connectivity index (χ2n) is 6.40.